The fraction of sp³-hybridized carbons (Fsp3) is 0.684. The average Bonchev–Trinajstić information content (AvgIpc) is 2.80. The highest BCUT2D eigenvalue weighted by Gasteiger charge is 2.31. The Morgan fingerprint density at radius 3 is 2.54 bits per heavy atom. The number of rotatable bonds is 5. The van der Waals surface area contributed by atoms with Gasteiger partial charge in [0.15, 0.2) is 0 Å². The summed E-state index contributed by atoms with van der Waals surface area (Å²) in [5, 5.41) is 6.61. The maximum atomic E-state index is 12.6. The minimum Gasteiger partial charge on any atom is -0.350 e. The minimum absolute atomic E-state index is 0.0112. The van der Waals surface area contributed by atoms with E-state index in [0.717, 1.165) is 24.2 Å². The van der Waals surface area contributed by atoms with Gasteiger partial charge < -0.3 is 15.5 Å². The Balaban J connectivity index is 1.55. The highest BCUT2D eigenvalue weighted by Crippen LogP contribution is 2.23. The number of carbonyl (C=O) groups excluding carboxylic acids is 2. The lowest BCUT2D eigenvalue weighted by Crippen LogP contribution is -2.48. The molecule has 0 aromatic carbocycles. The predicted octanol–water partition coefficient (Wildman–Crippen LogP) is 1.17. The average molecular weight is 359 g/mol. The molecule has 2 amide bonds. The van der Waals surface area contributed by atoms with Gasteiger partial charge in [-0.2, -0.15) is 0 Å². The summed E-state index contributed by atoms with van der Waals surface area (Å²) >= 11 is 0. The van der Waals surface area contributed by atoms with Gasteiger partial charge in [-0.25, -0.2) is 0 Å². The van der Waals surface area contributed by atoms with Gasteiger partial charge in [0.25, 0.3) is 0 Å². The Kier molecular flexibility index (Phi) is 6.19. The molecule has 142 valence electrons. The van der Waals surface area contributed by atoms with E-state index < -0.39 is 0 Å². The van der Waals surface area contributed by atoms with E-state index in [0.29, 0.717) is 25.7 Å². The monoisotopic (exact) mass is 359 g/mol. The van der Waals surface area contributed by atoms with Crippen molar-refractivity contribution in [3.8, 4) is 0 Å². The van der Waals surface area contributed by atoms with Crippen molar-refractivity contribution in [2.75, 3.05) is 13.1 Å². The van der Waals surface area contributed by atoms with Crippen LogP contribution in [0.4, 0.5) is 0 Å². The van der Waals surface area contributed by atoms with Gasteiger partial charge >= 0.3 is 0 Å². The van der Waals surface area contributed by atoms with Gasteiger partial charge in [0.1, 0.15) is 0 Å². The van der Waals surface area contributed by atoms with E-state index in [-0.39, 0.29) is 23.8 Å². The van der Waals surface area contributed by atoms with Crippen molar-refractivity contribution >= 4 is 11.8 Å². The van der Waals surface area contributed by atoms with Crippen LogP contribution in [0.2, 0.25) is 0 Å². The Hall–Kier alpha value is -2.02. The SMILES string of the molecule is CC(=O)N1C[C@@H](NC2CCC2)CC[C@@H](C(=O)NCc2cnc(C)cn2)C1. The maximum absolute atomic E-state index is 12.6. The van der Waals surface area contributed by atoms with Gasteiger partial charge in [-0.3, -0.25) is 19.6 Å². The van der Waals surface area contributed by atoms with Gasteiger partial charge in [-0.1, -0.05) is 6.42 Å². The van der Waals surface area contributed by atoms with Crippen LogP contribution >= 0.6 is 0 Å². The normalized spacial score (nSPS) is 23.8. The summed E-state index contributed by atoms with van der Waals surface area (Å²) in [5.74, 6) is -0.150. The molecule has 1 saturated carbocycles. The summed E-state index contributed by atoms with van der Waals surface area (Å²) in [5.41, 5.74) is 1.59. The summed E-state index contributed by atoms with van der Waals surface area (Å²) in [6.45, 7) is 5.02. The first-order valence-electron chi connectivity index (χ1n) is 9.58. The molecule has 2 fully saturated rings. The molecule has 1 saturated heterocycles. The van der Waals surface area contributed by atoms with Crippen molar-refractivity contribution in [3.63, 3.8) is 0 Å². The van der Waals surface area contributed by atoms with Crippen LogP contribution in [0.25, 0.3) is 0 Å². The number of likely N-dealkylation sites (tertiary alicyclic amines) is 1. The van der Waals surface area contributed by atoms with E-state index in [1.807, 2.05) is 11.8 Å². The summed E-state index contributed by atoms with van der Waals surface area (Å²) in [6, 6.07) is 0.865. The highest BCUT2D eigenvalue weighted by molar-refractivity contribution is 5.80. The quantitative estimate of drug-likeness (QED) is 0.824. The molecule has 1 aromatic rings. The van der Waals surface area contributed by atoms with Gasteiger partial charge in [-0.15, -0.1) is 0 Å². The van der Waals surface area contributed by atoms with Crippen molar-refractivity contribution in [3.05, 3.63) is 23.8 Å². The second-order valence-electron chi connectivity index (χ2n) is 7.56. The van der Waals surface area contributed by atoms with E-state index in [9.17, 15) is 9.59 Å². The molecule has 0 bridgehead atoms. The molecule has 2 N–H and O–H groups in total. The predicted molar refractivity (Wildman–Crippen MR) is 98.2 cm³/mol. The van der Waals surface area contributed by atoms with Crippen LogP contribution < -0.4 is 10.6 Å². The largest absolute Gasteiger partial charge is 0.350 e. The lowest BCUT2D eigenvalue weighted by atomic mass is 9.91. The molecule has 26 heavy (non-hydrogen) atoms. The third-order valence-electron chi connectivity index (χ3n) is 5.42. The molecule has 0 radical (unpaired) electrons. The third-order valence-corrected chi connectivity index (χ3v) is 5.42. The lowest BCUT2D eigenvalue weighted by molar-refractivity contribution is -0.131. The molecule has 7 nitrogen and oxygen atoms in total. The number of aryl methyl sites for hydroxylation is 1. The highest BCUT2D eigenvalue weighted by atomic mass is 16.2. The van der Waals surface area contributed by atoms with Gasteiger partial charge in [0, 0.05) is 38.3 Å². The van der Waals surface area contributed by atoms with Crippen LogP contribution in [0.5, 0.6) is 0 Å². The van der Waals surface area contributed by atoms with Crippen LogP contribution in [0.1, 0.15) is 50.4 Å². The molecular formula is C19H29N5O2. The fourth-order valence-corrected chi connectivity index (χ4v) is 3.54. The third kappa shape index (κ3) is 5.00. The van der Waals surface area contributed by atoms with E-state index >= 15 is 0 Å². The lowest BCUT2D eigenvalue weighted by Gasteiger charge is -2.32. The van der Waals surface area contributed by atoms with Crippen molar-refractivity contribution < 1.29 is 9.59 Å². The number of hydrogen-bond donors (Lipinski definition) is 2. The Bertz CT molecular complexity index is 629. The van der Waals surface area contributed by atoms with Gasteiger partial charge in [0.2, 0.25) is 11.8 Å². The number of nitrogens with zero attached hydrogens (tertiary/aromatic N) is 3. The molecule has 7 heteroatoms. The van der Waals surface area contributed by atoms with Crippen LogP contribution in [0, 0.1) is 12.8 Å². The van der Waals surface area contributed by atoms with Crippen molar-refractivity contribution in [1.82, 2.24) is 25.5 Å². The number of carbonyl (C=O) groups is 2. The van der Waals surface area contributed by atoms with Crippen LogP contribution in [0.15, 0.2) is 12.4 Å². The van der Waals surface area contributed by atoms with E-state index in [1.54, 1.807) is 19.3 Å². The zero-order valence-corrected chi connectivity index (χ0v) is 15.7. The molecule has 2 aliphatic rings. The van der Waals surface area contributed by atoms with Crippen molar-refractivity contribution in [1.29, 1.82) is 0 Å². The second-order valence-corrected chi connectivity index (χ2v) is 7.56. The maximum Gasteiger partial charge on any atom is 0.225 e. The van der Waals surface area contributed by atoms with Gasteiger partial charge in [0.05, 0.1) is 30.0 Å². The van der Waals surface area contributed by atoms with Crippen molar-refractivity contribution in [2.45, 2.75) is 64.6 Å². The number of amides is 2. The first-order chi connectivity index (χ1) is 12.5. The molecular weight excluding hydrogens is 330 g/mol. The van der Waals surface area contributed by atoms with E-state index in [2.05, 4.69) is 20.6 Å². The fourth-order valence-electron chi connectivity index (χ4n) is 3.54. The standard InChI is InChI=1S/C19H29N5O2/c1-13-8-21-18(9-20-13)10-22-19(26)15-6-7-17(23-16-4-3-5-16)12-24(11-15)14(2)25/h8-9,15-17,23H,3-7,10-12H2,1-2H3,(H,22,26)/t15-,17+/m1/s1. The topological polar surface area (TPSA) is 87.2 Å². The first kappa shape index (κ1) is 18.8. The van der Waals surface area contributed by atoms with E-state index in [4.69, 9.17) is 0 Å². The van der Waals surface area contributed by atoms with E-state index in [1.165, 1.54) is 19.3 Å². The first-order valence-corrected chi connectivity index (χ1v) is 9.58. The minimum atomic E-state index is -0.175. The van der Waals surface area contributed by atoms with Crippen molar-refractivity contribution in [2.24, 2.45) is 5.92 Å². The molecule has 0 spiro atoms. The Morgan fingerprint density at radius 1 is 1.12 bits per heavy atom. The number of nitrogens with one attached hydrogen (secondary N) is 2. The summed E-state index contributed by atoms with van der Waals surface area (Å²) in [7, 11) is 0. The van der Waals surface area contributed by atoms with Crippen LogP contribution in [0.3, 0.4) is 0 Å². The molecule has 0 unspecified atom stereocenters. The molecule has 2 atom stereocenters. The Morgan fingerprint density at radius 2 is 1.92 bits per heavy atom. The molecule has 1 aliphatic heterocycles. The number of aromatic nitrogens is 2. The Labute approximate surface area is 155 Å². The summed E-state index contributed by atoms with van der Waals surface area (Å²) in [6.07, 6.45) is 8.82. The second kappa shape index (κ2) is 8.58. The van der Waals surface area contributed by atoms with Crippen LogP contribution in [-0.4, -0.2) is 51.9 Å². The molecule has 3 rings (SSSR count). The number of hydrogen-bond acceptors (Lipinski definition) is 5. The molecule has 1 aliphatic carbocycles. The summed E-state index contributed by atoms with van der Waals surface area (Å²) in [4.78, 5) is 34.9. The smallest absolute Gasteiger partial charge is 0.225 e. The zero-order chi connectivity index (χ0) is 18.5. The zero-order valence-electron chi connectivity index (χ0n) is 15.7. The summed E-state index contributed by atoms with van der Waals surface area (Å²) < 4.78 is 0. The van der Waals surface area contributed by atoms with Gasteiger partial charge in [-0.05, 0) is 32.6 Å². The molecule has 2 heterocycles. The van der Waals surface area contributed by atoms with Crippen LogP contribution in [-0.2, 0) is 16.1 Å². The molecule has 1 aromatic heterocycles.